The van der Waals surface area contributed by atoms with Crippen LogP contribution in [0.5, 0.6) is 0 Å². The number of benzene rings is 1. The third-order valence-corrected chi connectivity index (χ3v) is 3.18. The molecule has 1 aromatic carbocycles. The van der Waals surface area contributed by atoms with E-state index >= 15 is 0 Å². The van der Waals surface area contributed by atoms with E-state index in [2.05, 4.69) is 15.6 Å². The quantitative estimate of drug-likeness (QED) is 0.345. The monoisotopic (exact) mass is 260 g/mol. The summed E-state index contributed by atoms with van der Waals surface area (Å²) in [5.41, 5.74) is 2.89. The van der Waals surface area contributed by atoms with Gasteiger partial charge in [0.2, 0.25) is 5.91 Å². The number of fused-ring (bicyclic) bond motifs is 1. The van der Waals surface area contributed by atoms with E-state index in [9.17, 15) is 4.79 Å². The SMILES string of the molecule is CSC(=Nc1ccc2c(c1)CNC(=O)C2)NC#N. The minimum absolute atomic E-state index is 0.0506. The van der Waals surface area contributed by atoms with Crippen LogP contribution in [0.15, 0.2) is 23.2 Å². The van der Waals surface area contributed by atoms with Crippen molar-refractivity contribution in [3.05, 3.63) is 29.3 Å². The van der Waals surface area contributed by atoms with Gasteiger partial charge >= 0.3 is 0 Å². The summed E-state index contributed by atoms with van der Waals surface area (Å²) in [7, 11) is 0. The lowest BCUT2D eigenvalue weighted by atomic mass is 10.0. The summed E-state index contributed by atoms with van der Waals surface area (Å²) in [6.45, 7) is 0.539. The highest BCUT2D eigenvalue weighted by molar-refractivity contribution is 8.13. The van der Waals surface area contributed by atoms with Gasteiger partial charge in [-0.15, -0.1) is 0 Å². The fourth-order valence-electron chi connectivity index (χ4n) is 1.74. The number of thioether (sulfide) groups is 1. The maximum absolute atomic E-state index is 11.2. The molecule has 1 aliphatic heterocycles. The van der Waals surface area contributed by atoms with Gasteiger partial charge in [-0.25, -0.2) is 4.99 Å². The van der Waals surface area contributed by atoms with E-state index in [0.717, 1.165) is 16.8 Å². The van der Waals surface area contributed by atoms with Crippen LogP contribution in [-0.4, -0.2) is 17.3 Å². The van der Waals surface area contributed by atoms with Crippen molar-refractivity contribution in [3.63, 3.8) is 0 Å². The lowest BCUT2D eigenvalue weighted by Gasteiger charge is -2.16. The molecule has 0 saturated carbocycles. The highest BCUT2D eigenvalue weighted by Crippen LogP contribution is 2.22. The molecule has 92 valence electrons. The molecule has 0 atom stereocenters. The Morgan fingerprint density at radius 2 is 2.39 bits per heavy atom. The molecule has 0 saturated heterocycles. The normalized spacial score (nSPS) is 14.4. The predicted molar refractivity (Wildman–Crippen MR) is 71.4 cm³/mol. The average molecular weight is 260 g/mol. The molecule has 1 heterocycles. The first kappa shape index (κ1) is 12.5. The van der Waals surface area contributed by atoms with Crippen molar-refractivity contribution in [2.75, 3.05) is 6.26 Å². The van der Waals surface area contributed by atoms with Crippen molar-refractivity contribution in [3.8, 4) is 6.19 Å². The van der Waals surface area contributed by atoms with Gasteiger partial charge in [0, 0.05) is 6.54 Å². The van der Waals surface area contributed by atoms with Crippen molar-refractivity contribution in [2.24, 2.45) is 4.99 Å². The van der Waals surface area contributed by atoms with Crippen LogP contribution in [0.2, 0.25) is 0 Å². The lowest BCUT2D eigenvalue weighted by molar-refractivity contribution is -0.121. The molecule has 0 fully saturated rings. The summed E-state index contributed by atoms with van der Waals surface area (Å²) in [6.07, 6.45) is 4.12. The first-order valence-electron chi connectivity index (χ1n) is 5.39. The predicted octanol–water partition coefficient (Wildman–Crippen LogP) is 1.28. The second-order valence-electron chi connectivity index (χ2n) is 3.76. The summed E-state index contributed by atoms with van der Waals surface area (Å²) < 4.78 is 0. The molecule has 0 radical (unpaired) electrons. The molecule has 2 rings (SSSR count). The van der Waals surface area contributed by atoms with Gasteiger partial charge in [-0.3, -0.25) is 10.1 Å². The second kappa shape index (κ2) is 5.56. The Morgan fingerprint density at radius 1 is 1.56 bits per heavy atom. The molecule has 0 bridgehead atoms. The number of carbonyl (C=O) groups excluding carboxylic acids is 1. The lowest BCUT2D eigenvalue weighted by Crippen LogP contribution is -2.30. The van der Waals surface area contributed by atoms with Crippen molar-refractivity contribution >= 4 is 28.5 Å². The Balaban J connectivity index is 2.26. The number of hydrogen-bond acceptors (Lipinski definition) is 4. The summed E-state index contributed by atoms with van der Waals surface area (Å²) in [4.78, 5) is 15.6. The van der Waals surface area contributed by atoms with Gasteiger partial charge in [0.25, 0.3) is 0 Å². The number of amides is 1. The smallest absolute Gasteiger partial charge is 0.224 e. The number of nitriles is 1. The van der Waals surface area contributed by atoms with Gasteiger partial charge in [0.1, 0.15) is 0 Å². The molecule has 0 unspecified atom stereocenters. The Bertz CT molecular complexity index is 547. The summed E-state index contributed by atoms with van der Waals surface area (Å²) in [5.74, 6) is 0.0506. The Hall–Kier alpha value is -2.00. The Morgan fingerprint density at radius 3 is 3.11 bits per heavy atom. The summed E-state index contributed by atoms with van der Waals surface area (Å²) in [6, 6.07) is 5.70. The van der Waals surface area contributed by atoms with Gasteiger partial charge in [-0.05, 0) is 29.5 Å². The van der Waals surface area contributed by atoms with Crippen LogP contribution in [0.4, 0.5) is 5.69 Å². The van der Waals surface area contributed by atoms with E-state index < -0.39 is 0 Å². The number of rotatable bonds is 1. The molecule has 0 aromatic heterocycles. The molecule has 2 N–H and O–H groups in total. The molecule has 18 heavy (non-hydrogen) atoms. The van der Waals surface area contributed by atoms with Crippen LogP contribution in [0, 0.1) is 11.5 Å². The molecule has 5 nitrogen and oxygen atoms in total. The molecule has 1 amide bonds. The van der Waals surface area contributed by atoms with Crippen molar-refractivity contribution in [1.82, 2.24) is 10.6 Å². The highest BCUT2D eigenvalue weighted by atomic mass is 32.2. The zero-order valence-electron chi connectivity index (χ0n) is 9.86. The number of amidine groups is 1. The van der Waals surface area contributed by atoms with E-state index in [-0.39, 0.29) is 5.91 Å². The Labute approximate surface area is 109 Å². The van der Waals surface area contributed by atoms with Gasteiger partial charge in [0.05, 0.1) is 12.1 Å². The maximum atomic E-state index is 11.2. The topological polar surface area (TPSA) is 77.3 Å². The molecule has 6 heteroatoms. The standard InChI is InChI=1S/C12H12N4OS/c1-18-12(15-7-13)16-10-3-2-8-5-11(17)14-6-9(8)4-10/h2-4H,5-6H2,1H3,(H,14,17)(H,15,16). The fraction of sp³-hybridized carbons (Fsp3) is 0.250. The first-order valence-corrected chi connectivity index (χ1v) is 6.61. The van der Waals surface area contributed by atoms with E-state index in [0.29, 0.717) is 18.1 Å². The largest absolute Gasteiger partial charge is 0.352 e. The molecule has 1 aliphatic rings. The van der Waals surface area contributed by atoms with Crippen LogP contribution in [0.3, 0.4) is 0 Å². The molecule has 1 aromatic rings. The third kappa shape index (κ3) is 2.81. The molecular weight excluding hydrogens is 248 g/mol. The number of carbonyl (C=O) groups is 1. The number of hydrogen-bond donors (Lipinski definition) is 2. The number of aliphatic imine (C=N–C) groups is 1. The zero-order chi connectivity index (χ0) is 13.0. The molecular formula is C12H12N4OS. The van der Waals surface area contributed by atoms with Crippen molar-refractivity contribution in [2.45, 2.75) is 13.0 Å². The van der Waals surface area contributed by atoms with Crippen LogP contribution in [-0.2, 0) is 17.8 Å². The van der Waals surface area contributed by atoms with Gasteiger partial charge in [-0.2, -0.15) is 5.26 Å². The van der Waals surface area contributed by atoms with Gasteiger partial charge in [-0.1, -0.05) is 17.8 Å². The minimum atomic E-state index is 0.0506. The van der Waals surface area contributed by atoms with Crippen molar-refractivity contribution in [1.29, 1.82) is 5.26 Å². The average Bonchev–Trinajstić information content (AvgIpc) is 2.38. The van der Waals surface area contributed by atoms with Crippen LogP contribution in [0.25, 0.3) is 0 Å². The first-order chi connectivity index (χ1) is 8.72. The van der Waals surface area contributed by atoms with Gasteiger partial charge in [0.15, 0.2) is 11.4 Å². The van der Waals surface area contributed by atoms with Crippen LogP contribution < -0.4 is 10.6 Å². The van der Waals surface area contributed by atoms with E-state index in [1.165, 1.54) is 11.8 Å². The fourth-order valence-corrected chi connectivity index (χ4v) is 2.08. The minimum Gasteiger partial charge on any atom is -0.352 e. The summed E-state index contributed by atoms with van der Waals surface area (Å²) in [5, 5.41) is 14.4. The number of nitrogens with zero attached hydrogens (tertiary/aromatic N) is 2. The van der Waals surface area contributed by atoms with Crippen LogP contribution >= 0.6 is 11.8 Å². The summed E-state index contributed by atoms with van der Waals surface area (Å²) >= 11 is 1.37. The second-order valence-corrected chi connectivity index (χ2v) is 4.56. The van der Waals surface area contributed by atoms with E-state index in [1.807, 2.05) is 30.6 Å². The Kier molecular flexibility index (Phi) is 3.85. The third-order valence-electron chi connectivity index (χ3n) is 2.60. The highest BCUT2D eigenvalue weighted by Gasteiger charge is 2.14. The van der Waals surface area contributed by atoms with Crippen molar-refractivity contribution < 1.29 is 4.79 Å². The maximum Gasteiger partial charge on any atom is 0.224 e. The molecule has 0 aliphatic carbocycles. The van der Waals surface area contributed by atoms with E-state index in [4.69, 9.17) is 5.26 Å². The number of nitrogens with one attached hydrogen (secondary N) is 2. The van der Waals surface area contributed by atoms with Crippen LogP contribution in [0.1, 0.15) is 11.1 Å². The molecule has 0 spiro atoms. The zero-order valence-corrected chi connectivity index (χ0v) is 10.7. The van der Waals surface area contributed by atoms with Gasteiger partial charge < -0.3 is 5.32 Å². The van der Waals surface area contributed by atoms with E-state index in [1.54, 1.807) is 0 Å².